The molecule has 2 rings (SSSR count). The second-order valence-corrected chi connectivity index (χ2v) is 6.41. The summed E-state index contributed by atoms with van der Waals surface area (Å²) in [5.74, 6) is -0.401. The minimum Gasteiger partial charge on any atom is -0.406 e. The fourth-order valence-electron chi connectivity index (χ4n) is 1.76. The van der Waals surface area contributed by atoms with Crippen LogP contribution in [-0.4, -0.2) is 20.8 Å². The first kappa shape index (κ1) is 19.3. The van der Waals surface area contributed by atoms with Gasteiger partial charge in [0, 0.05) is 5.69 Å². The Labute approximate surface area is 146 Å². The standard InChI is InChI=1S/C14H13F3N4O4S/c15-14(16,17)25-11-5-1-10(2-6-11)20-21-13(22)19-9-3-7-12(8-4-9)26(18,23)24/h1-8,20H,(H2,18,23,24)(H2,19,21,22). The van der Waals surface area contributed by atoms with Crippen LogP contribution in [-0.2, 0) is 10.0 Å². The van der Waals surface area contributed by atoms with E-state index in [9.17, 15) is 26.4 Å². The Hall–Kier alpha value is -2.99. The van der Waals surface area contributed by atoms with E-state index in [0.29, 0.717) is 11.4 Å². The third-order valence-corrected chi connectivity index (χ3v) is 3.78. The molecule has 8 nitrogen and oxygen atoms in total. The molecule has 2 amide bonds. The van der Waals surface area contributed by atoms with Crippen molar-refractivity contribution in [1.82, 2.24) is 5.43 Å². The van der Waals surface area contributed by atoms with Gasteiger partial charge in [-0.3, -0.25) is 10.9 Å². The van der Waals surface area contributed by atoms with E-state index in [-0.39, 0.29) is 4.90 Å². The Morgan fingerprint density at radius 3 is 2.00 bits per heavy atom. The summed E-state index contributed by atoms with van der Waals surface area (Å²) in [5, 5.41) is 7.37. The SMILES string of the molecule is NS(=O)(=O)c1ccc(NC(=O)NNc2ccc(OC(F)(F)F)cc2)cc1. The smallest absolute Gasteiger partial charge is 0.406 e. The van der Waals surface area contributed by atoms with Gasteiger partial charge in [-0.15, -0.1) is 13.2 Å². The maximum atomic E-state index is 12.0. The average molecular weight is 390 g/mol. The minimum absolute atomic E-state index is 0.109. The van der Waals surface area contributed by atoms with Crippen LogP contribution in [0.25, 0.3) is 0 Å². The minimum atomic E-state index is -4.79. The van der Waals surface area contributed by atoms with Crippen LogP contribution in [0.4, 0.5) is 29.3 Å². The molecule has 0 aliphatic heterocycles. The predicted molar refractivity (Wildman–Crippen MR) is 86.7 cm³/mol. The monoisotopic (exact) mass is 390 g/mol. The Morgan fingerprint density at radius 1 is 0.962 bits per heavy atom. The number of amides is 2. The number of rotatable bonds is 5. The first-order chi connectivity index (χ1) is 12.0. The van der Waals surface area contributed by atoms with Gasteiger partial charge in [0.1, 0.15) is 5.75 Å². The lowest BCUT2D eigenvalue weighted by Crippen LogP contribution is -2.33. The molecule has 0 aromatic heterocycles. The first-order valence-corrected chi connectivity index (χ1v) is 8.39. The van der Waals surface area contributed by atoms with Crippen molar-refractivity contribution in [2.75, 3.05) is 10.7 Å². The number of hydrazine groups is 1. The fourth-order valence-corrected chi connectivity index (χ4v) is 2.27. The van der Waals surface area contributed by atoms with Gasteiger partial charge >= 0.3 is 12.4 Å². The molecule has 0 spiro atoms. The summed E-state index contributed by atoms with van der Waals surface area (Å²) < 4.78 is 62.1. The summed E-state index contributed by atoms with van der Waals surface area (Å²) in [4.78, 5) is 11.6. The molecule has 0 atom stereocenters. The van der Waals surface area contributed by atoms with E-state index in [1.54, 1.807) is 0 Å². The van der Waals surface area contributed by atoms with Crippen LogP contribution in [0.15, 0.2) is 53.4 Å². The number of carbonyl (C=O) groups excluding carboxylic acids is 1. The fraction of sp³-hybridized carbons (Fsp3) is 0.0714. The van der Waals surface area contributed by atoms with E-state index in [4.69, 9.17) is 5.14 Å². The predicted octanol–water partition coefficient (Wildman–Crippen LogP) is 2.38. The van der Waals surface area contributed by atoms with E-state index >= 15 is 0 Å². The molecular weight excluding hydrogens is 377 g/mol. The van der Waals surface area contributed by atoms with E-state index in [1.165, 1.54) is 36.4 Å². The number of ether oxygens (including phenoxy) is 1. The van der Waals surface area contributed by atoms with E-state index in [1.807, 2.05) is 0 Å². The van der Waals surface area contributed by atoms with Crippen molar-refractivity contribution in [3.05, 3.63) is 48.5 Å². The summed E-state index contributed by atoms with van der Waals surface area (Å²) in [6, 6.07) is 9.09. The van der Waals surface area contributed by atoms with Crippen LogP contribution in [0.2, 0.25) is 0 Å². The number of urea groups is 1. The highest BCUT2D eigenvalue weighted by molar-refractivity contribution is 7.89. The summed E-state index contributed by atoms with van der Waals surface area (Å²) >= 11 is 0. The lowest BCUT2D eigenvalue weighted by molar-refractivity contribution is -0.274. The number of anilines is 2. The molecule has 0 radical (unpaired) electrons. The summed E-state index contributed by atoms with van der Waals surface area (Å²) in [6.07, 6.45) is -4.79. The van der Waals surface area contributed by atoms with Gasteiger partial charge < -0.3 is 10.1 Å². The van der Waals surface area contributed by atoms with Crippen molar-refractivity contribution in [1.29, 1.82) is 0 Å². The number of primary sulfonamides is 1. The Balaban J connectivity index is 1.87. The summed E-state index contributed by atoms with van der Waals surface area (Å²) in [7, 11) is -3.83. The number of sulfonamides is 1. The van der Waals surface area contributed by atoms with Crippen molar-refractivity contribution in [3.8, 4) is 5.75 Å². The first-order valence-electron chi connectivity index (χ1n) is 6.85. The molecule has 12 heteroatoms. The Kier molecular flexibility index (Phi) is 5.57. The number of carbonyl (C=O) groups is 1. The van der Waals surface area contributed by atoms with Crippen molar-refractivity contribution >= 4 is 27.4 Å². The molecule has 140 valence electrons. The zero-order chi connectivity index (χ0) is 19.4. The highest BCUT2D eigenvalue weighted by Gasteiger charge is 2.30. The van der Waals surface area contributed by atoms with E-state index < -0.39 is 28.2 Å². The number of benzene rings is 2. The molecule has 0 saturated heterocycles. The molecular formula is C14H13F3N4O4S. The lowest BCUT2D eigenvalue weighted by atomic mass is 10.3. The van der Waals surface area contributed by atoms with Crippen molar-refractivity contribution in [3.63, 3.8) is 0 Å². The molecule has 0 saturated carbocycles. The lowest BCUT2D eigenvalue weighted by Gasteiger charge is -2.12. The van der Waals surface area contributed by atoms with Gasteiger partial charge in [-0.25, -0.2) is 18.4 Å². The molecule has 0 unspecified atom stereocenters. The van der Waals surface area contributed by atoms with Crippen molar-refractivity contribution in [2.45, 2.75) is 11.3 Å². The van der Waals surface area contributed by atoms with Crippen LogP contribution in [0, 0.1) is 0 Å². The van der Waals surface area contributed by atoms with Crippen molar-refractivity contribution in [2.24, 2.45) is 5.14 Å². The molecule has 0 fully saturated rings. The molecule has 0 heterocycles. The molecule has 2 aromatic rings. The highest BCUT2D eigenvalue weighted by atomic mass is 32.2. The molecule has 5 N–H and O–H groups in total. The van der Waals surface area contributed by atoms with Crippen LogP contribution < -0.4 is 26.0 Å². The highest BCUT2D eigenvalue weighted by Crippen LogP contribution is 2.23. The average Bonchev–Trinajstić information content (AvgIpc) is 2.52. The third kappa shape index (κ3) is 6.14. The van der Waals surface area contributed by atoms with E-state index in [2.05, 4.69) is 20.9 Å². The van der Waals surface area contributed by atoms with Gasteiger partial charge in [0.15, 0.2) is 0 Å². The Bertz CT molecular complexity index is 869. The maximum Gasteiger partial charge on any atom is 0.573 e. The number of nitrogens with two attached hydrogens (primary N) is 1. The zero-order valence-corrected chi connectivity index (χ0v) is 13.7. The van der Waals surface area contributed by atoms with Gasteiger partial charge in [-0.2, -0.15) is 0 Å². The maximum absolute atomic E-state index is 12.0. The largest absolute Gasteiger partial charge is 0.573 e. The number of hydrogen-bond acceptors (Lipinski definition) is 5. The molecule has 2 aromatic carbocycles. The number of alkyl halides is 3. The molecule has 0 bridgehead atoms. The second-order valence-electron chi connectivity index (χ2n) is 4.85. The van der Waals surface area contributed by atoms with Gasteiger partial charge in [0.2, 0.25) is 10.0 Å². The van der Waals surface area contributed by atoms with Gasteiger partial charge in [-0.1, -0.05) is 0 Å². The van der Waals surface area contributed by atoms with Crippen LogP contribution in [0.5, 0.6) is 5.75 Å². The topological polar surface area (TPSA) is 123 Å². The number of nitrogens with one attached hydrogen (secondary N) is 3. The number of halogens is 3. The quantitative estimate of drug-likeness (QED) is 0.584. The normalized spacial score (nSPS) is 11.5. The molecule has 0 aliphatic rings. The summed E-state index contributed by atoms with van der Waals surface area (Å²) in [5.41, 5.74) is 5.33. The second kappa shape index (κ2) is 7.49. The van der Waals surface area contributed by atoms with Crippen LogP contribution >= 0.6 is 0 Å². The van der Waals surface area contributed by atoms with Crippen LogP contribution in [0.1, 0.15) is 0 Å². The van der Waals surface area contributed by atoms with Gasteiger partial charge in [0.25, 0.3) is 0 Å². The van der Waals surface area contributed by atoms with Gasteiger partial charge in [-0.05, 0) is 48.5 Å². The van der Waals surface area contributed by atoms with Crippen molar-refractivity contribution < 1.29 is 31.1 Å². The van der Waals surface area contributed by atoms with Gasteiger partial charge in [0.05, 0.1) is 10.6 Å². The molecule has 0 aliphatic carbocycles. The molecule has 26 heavy (non-hydrogen) atoms. The summed E-state index contributed by atoms with van der Waals surface area (Å²) in [6.45, 7) is 0. The zero-order valence-electron chi connectivity index (χ0n) is 12.9. The van der Waals surface area contributed by atoms with E-state index in [0.717, 1.165) is 12.1 Å². The Morgan fingerprint density at radius 2 is 1.50 bits per heavy atom. The van der Waals surface area contributed by atoms with Crippen LogP contribution in [0.3, 0.4) is 0 Å². The third-order valence-electron chi connectivity index (χ3n) is 2.85. The number of hydrogen-bond donors (Lipinski definition) is 4.